The molecular weight excluding hydrogens is 326 g/mol. The molecular formula is C18H20NO6-. The molecule has 0 heterocycles. The van der Waals surface area contributed by atoms with E-state index in [0.29, 0.717) is 29.4 Å². The molecule has 0 radical (unpaired) electrons. The van der Waals surface area contributed by atoms with Crippen LogP contribution < -0.4 is 24.6 Å². The van der Waals surface area contributed by atoms with E-state index < -0.39 is 17.8 Å². The number of hydrogen-bond donors (Lipinski definition) is 1. The Hall–Kier alpha value is -2.70. The van der Waals surface area contributed by atoms with E-state index in [2.05, 4.69) is 5.32 Å². The zero-order valence-electron chi connectivity index (χ0n) is 14.3. The summed E-state index contributed by atoms with van der Waals surface area (Å²) in [7, 11) is 4.45. The third kappa shape index (κ3) is 2.90. The molecule has 1 N–H and O–H groups in total. The molecule has 0 aliphatic heterocycles. The van der Waals surface area contributed by atoms with Crippen LogP contribution in [0.25, 0.3) is 0 Å². The maximum absolute atomic E-state index is 12.7. The van der Waals surface area contributed by atoms with Crippen molar-refractivity contribution in [1.82, 2.24) is 0 Å². The highest BCUT2D eigenvalue weighted by atomic mass is 16.5. The Morgan fingerprint density at radius 1 is 1.00 bits per heavy atom. The minimum atomic E-state index is -1.18. The summed E-state index contributed by atoms with van der Waals surface area (Å²) in [6.07, 6.45) is 4.46. The van der Waals surface area contributed by atoms with Crippen LogP contribution in [0.3, 0.4) is 0 Å². The predicted octanol–water partition coefficient (Wildman–Crippen LogP) is 0.839. The molecule has 0 saturated heterocycles. The van der Waals surface area contributed by atoms with Gasteiger partial charge in [0, 0.05) is 29.7 Å². The van der Waals surface area contributed by atoms with Gasteiger partial charge in [0.05, 0.1) is 27.2 Å². The van der Waals surface area contributed by atoms with Crippen molar-refractivity contribution in [1.29, 1.82) is 0 Å². The van der Waals surface area contributed by atoms with Crippen LogP contribution in [0.2, 0.25) is 0 Å². The number of anilines is 1. The summed E-state index contributed by atoms with van der Waals surface area (Å²) in [5, 5.41) is 14.2. The number of fused-ring (bicyclic) bond motifs is 2. The molecule has 1 aromatic rings. The minimum Gasteiger partial charge on any atom is -0.550 e. The second-order valence-electron chi connectivity index (χ2n) is 6.22. The quantitative estimate of drug-likeness (QED) is 0.767. The number of benzene rings is 1. The smallest absolute Gasteiger partial charge is 0.228 e. The van der Waals surface area contributed by atoms with Crippen LogP contribution in [-0.4, -0.2) is 33.2 Å². The van der Waals surface area contributed by atoms with Crippen LogP contribution in [0, 0.1) is 23.7 Å². The third-order valence-electron chi connectivity index (χ3n) is 4.97. The maximum Gasteiger partial charge on any atom is 0.228 e. The molecule has 0 spiro atoms. The van der Waals surface area contributed by atoms with Crippen LogP contribution in [-0.2, 0) is 9.59 Å². The van der Waals surface area contributed by atoms with Gasteiger partial charge in [-0.3, -0.25) is 4.79 Å². The summed E-state index contributed by atoms with van der Waals surface area (Å²) < 4.78 is 15.8. The van der Waals surface area contributed by atoms with Crippen LogP contribution in [0.1, 0.15) is 6.42 Å². The second kappa shape index (κ2) is 6.66. The summed E-state index contributed by atoms with van der Waals surface area (Å²) in [4.78, 5) is 24.2. The lowest BCUT2D eigenvalue weighted by Gasteiger charge is -2.28. The summed E-state index contributed by atoms with van der Waals surface area (Å²) in [6, 6.07) is 3.21. The first kappa shape index (κ1) is 17.1. The van der Waals surface area contributed by atoms with Gasteiger partial charge in [0.2, 0.25) is 11.7 Å². The molecule has 25 heavy (non-hydrogen) atoms. The van der Waals surface area contributed by atoms with Gasteiger partial charge in [0.25, 0.3) is 0 Å². The Morgan fingerprint density at radius 2 is 1.56 bits per heavy atom. The Balaban J connectivity index is 1.86. The first-order valence-electron chi connectivity index (χ1n) is 8.00. The van der Waals surface area contributed by atoms with Gasteiger partial charge in [-0.2, -0.15) is 0 Å². The molecule has 1 fully saturated rings. The highest BCUT2D eigenvalue weighted by Gasteiger charge is 2.48. The van der Waals surface area contributed by atoms with Gasteiger partial charge >= 0.3 is 0 Å². The molecule has 3 rings (SSSR count). The molecule has 2 aliphatic carbocycles. The molecule has 2 aliphatic rings. The van der Waals surface area contributed by atoms with Crippen molar-refractivity contribution < 1.29 is 28.9 Å². The predicted molar refractivity (Wildman–Crippen MR) is 87.5 cm³/mol. The van der Waals surface area contributed by atoms with E-state index in [-0.39, 0.29) is 17.7 Å². The fraction of sp³-hybridized carbons (Fsp3) is 0.444. The number of ether oxygens (including phenoxy) is 3. The molecule has 7 heteroatoms. The Bertz CT molecular complexity index is 703. The van der Waals surface area contributed by atoms with Crippen molar-refractivity contribution in [3.8, 4) is 17.2 Å². The highest BCUT2D eigenvalue weighted by Crippen LogP contribution is 2.48. The van der Waals surface area contributed by atoms with E-state index >= 15 is 0 Å². The average molecular weight is 346 g/mol. The third-order valence-corrected chi connectivity index (χ3v) is 4.97. The molecule has 7 nitrogen and oxygen atoms in total. The van der Waals surface area contributed by atoms with Gasteiger partial charge in [-0.05, 0) is 18.3 Å². The summed E-state index contributed by atoms with van der Waals surface area (Å²) in [5.74, 6) is -1.94. The van der Waals surface area contributed by atoms with Crippen LogP contribution in [0.5, 0.6) is 17.2 Å². The number of rotatable bonds is 6. The number of carbonyl (C=O) groups excluding carboxylic acids is 2. The molecule has 0 aromatic heterocycles. The number of nitrogens with one attached hydrogen (secondary N) is 1. The largest absolute Gasteiger partial charge is 0.550 e. The summed E-state index contributed by atoms with van der Waals surface area (Å²) in [6.45, 7) is 0. The first-order valence-corrected chi connectivity index (χ1v) is 8.00. The van der Waals surface area contributed by atoms with Gasteiger partial charge in [0.1, 0.15) is 0 Å². The van der Waals surface area contributed by atoms with Gasteiger partial charge in [-0.1, -0.05) is 12.2 Å². The van der Waals surface area contributed by atoms with Crippen molar-refractivity contribution in [2.24, 2.45) is 23.7 Å². The van der Waals surface area contributed by atoms with Crippen molar-refractivity contribution in [3.63, 3.8) is 0 Å². The number of carbonyl (C=O) groups is 2. The van der Waals surface area contributed by atoms with E-state index in [1.165, 1.54) is 21.3 Å². The lowest BCUT2D eigenvalue weighted by atomic mass is 9.82. The summed E-state index contributed by atoms with van der Waals surface area (Å²) >= 11 is 0. The van der Waals surface area contributed by atoms with E-state index in [4.69, 9.17) is 14.2 Å². The van der Waals surface area contributed by atoms with E-state index in [0.717, 1.165) is 0 Å². The van der Waals surface area contributed by atoms with E-state index in [1.807, 2.05) is 12.2 Å². The maximum atomic E-state index is 12.7. The molecule has 4 atom stereocenters. The Labute approximate surface area is 145 Å². The number of allylic oxidation sites excluding steroid dienone is 2. The summed E-state index contributed by atoms with van der Waals surface area (Å²) in [5.41, 5.74) is 0.448. The van der Waals surface area contributed by atoms with E-state index in [1.54, 1.807) is 12.1 Å². The standard InChI is InChI=1S/C18H21NO6/c1-23-12-7-11(8-13(24-2)16(12)25-3)19-17(20)14-9-4-5-10(6-9)15(14)18(21)22/h4-5,7-10,14-15H,6H2,1-3H3,(H,19,20)(H,21,22)/p-1/t9-,10+,14+,15+/m1/s1. The number of carboxylic acid groups (broad SMARTS) is 1. The SMILES string of the molecule is COc1cc(NC(=O)[C@@H]2[C@@H](C(=O)[O-])[C@H]3C=C[C@@H]2C3)cc(OC)c1OC. The van der Waals surface area contributed by atoms with Gasteiger partial charge in [0.15, 0.2) is 11.5 Å². The number of carboxylic acids is 1. The minimum absolute atomic E-state index is 0.0741. The van der Waals surface area contributed by atoms with Crippen molar-refractivity contribution in [2.75, 3.05) is 26.6 Å². The molecule has 2 bridgehead atoms. The average Bonchev–Trinajstić information content (AvgIpc) is 3.21. The zero-order valence-corrected chi connectivity index (χ0v) is 14.3. The van der Waals surface area contributed by atoms with Gasteiger partial charge in [-0.15, -0.1) is 0 Å². The first-order chi connectivity index (χ1) is 12.0. The number of aliphatic carboxylic acids is 1. The molecule has 0 unspecified atom stereocenters. The zero-order chi connectivity index (χ0) is 18.1. The molecule has 1 saturated carbocycles. The van der Waals surface area contributed by atoms with Crippen LogP contribution in [0.15, 0.2) is 24.3 Å². The molecule has 134 valence electrons. The molecule has 1 amide bonds. The lowest BCUT2D eigenvalue weighted by Crippen LogP contribution is -2.42. The second-order valence-corrected chi connectivity index (χ2v) is 6.22. The topological polar surface area (TPSA) is 96.9 Å². The number of hydrogen-bond acceptors (Lipinski definition) is 6. The van der Waals surface area contributed by atoms with E-state index in [9.17, 15) is 14.7 Å². The number of amides is 1. The Kier molecular flexibility index (Phi) is 4.57. The van der Waals surface area contributed by atoms with Crippen molar-refractivity contribution >= 4 is 17.6 Å². The number of methoxy groups -OCH3 is 3. The fourth-order valence-corrected chi connectivity index (χ4v) is 3.88. The fourth-order valence-electron chi connectivity index (χ4n) is 3.88. The van der Waals surface area contributed by atoms with Crippen LogP contribution >= 0.6 is 0 Å². The van der Waals surface area contributed by atoms with Gasteiger partial charge in [-0.25, -0.2) is 0 Å². The molecule has 1 aromatic carbocycles. The monoisotopic (exact) mass is 346 g/mol. The van der Waals surface area contributed by atoms with Crippen LogP contribution in [0.4, 0.5) is 5.69 Å². The normalized spacial score (nSPS) is 26.4. The Morgan fingerprint density at radius 3 is 2.04 bits per heavy atom. The lowest BCUT2D eigenvalue weighted by molar-refractivity contribution is -0.313. The van der Waals surface area contributed by atoms with Crippen molar-refractivity contribution in [2.45, 2.75) is 6.42 Å². The van der Waals surface area contributed by atoms with Gasteiger partial charge < -0.3 is 29.4 Å². The highest BCUT2D eigenvalue weighted by molar-refractivity contribution is 5.96. The van der Waals surface area contributed by atoms with Crippen molar-refractivity contribution in [3.05, 3.63) is 24.3 Å².